The molecule has 1 aromatic carbocycles. The zero-order valence-corrected chi connectivity index (χ0v) is 12.3. The number of hydrogen-bond acceptors (Lipinski definition) is 5. The molecule has 1 aliphatic rings. The highest BCUT2D eigenvalue weighted by Crippen LogP contribution is 2.31. The summed E-state index contributed by atoms with van der Waals surface area (Å²) in [6.07, 6.45) is 0. The molecule has 21 heavy (non-hydrogen) atoms. The Morgan fingerprint density at radius 3 is 2.81 bits per heavy atom. The standard InChI is InChI=1S/C15H15N5S/c1-2-5-12(6-3-1)14-15-16-17-18-20(15)9-8-19(14)11-13-7-4-10-21-13/h1-7,10,14H,8-9,11H2/t14-/m0/s1. The molecule has 106 valence electrons. The minimum atomic E-state index is 0.122. The SMILES string of the molecule is c1ccc([C@H]2c3nnnn3CCN2Cc2cccs2)cc1. The summed E-state index contributed by atoms with van der Waals surface area (Å²) in [7, 11) is 0. The van der Waals surface area contributed by atoms with Crippen molar-refractivity contribution in [3.8, 4) is 0 Å². The second-order valence-electron chi connectivity index (χ2n) is 5.12. The maximum absolute atomic E-state index is 4.26. The summed E-state index contributed by atoms with van der Waals surface area (Å²) < 4.78 is 1.92. The number of thiophene rings is 1. The van der Waals surface area contributed by atoms with Gasteiger partial charge in [-0.25, -0.2) is 4.68 Å². The largest absolute Gasteiger partial charge is 0.283 e. The fourth-order valence-electron chi connectivity index (χ4n) is 2.85. The van der Waals surface area contributed by atoms with Crippen LogP contribution >= 0.6 is 11.3 Å². The fourth-order valence-corrected chi connectivity index (χ4v) is 3.58. The Hall–Kier alpha value is -2.05. The number of hydrogen-bond donors (Lipinski definition) is 0. The van der Waals surface area contributed by atoms with Crippen molar-refractivity contribution in [2.75, 3.05) is 6.54 Å². The number of fused-ring (bicyclic) bond motifs is 1. The highest BCUT2D eigenvalue weighted by Gasteiger charge is 2.31. The van der Waals surface area contributed by atoms with Crippen LogP contribution in [0.25, 0.3) is 0 Å². The normalized spacial score (nSPS) is 18.6. The molecule has 0 bridgehead atoms. The Morgan fingerprint density at radius 1 is 1.10 bits per heavy atom. The van der Waals surface area contributed by atoms with Crippen molar-refractivity contribution in [2.24, 2.45) is 0 Å². The van der Waals surface area contributed by atoms with Gasteiger partial charge in [0.1, 0.15) is 0 Å². The van der Waals surface area contributed by atoms with Crippen LogP contribution in [0.4, 0.5) is 0 Å². The van der Waals surface area contributed by atoms with E-state index in [1.54, 1.807) is 11.3 Å². The quantitative estimate of drug-likeness (QED) is 0.744. The van der Waals surface area contributed by atoms with Crippen molar-refractivity contribution in [3.63, 3.8) is 0 Å². The molecule has 1 aliphatic heterocycles. The third kappa shape index (κ3) is 2.36. The van der Waals surface area contributed by atoms with Gasteiger partial charge in [-0.05, 0) is 27.4 Å². The molecule has 0 saturated carbocycles. The van der Waals surface area contributed by atoms with Crippen LogP contribution in [0, 0.1) is 0 Å². The number of benzene rings is 1. The monoisotopic (exact) mass is 297 g/mol. The van der Waals surface area contributed by atoms with Crippen molar-refractivity contribution in [1.82, 2.24) is 25.1 Å². The lowest BCUT2D eigenvalue weighted by atomic mass is 10.0. The topological polar surface area (TPSA) is 46.8 Å². The molecule has 6 heteroatoms. The third-order valence-electron chi connectivity index (χ3n) is 3.82. The van der Waals surface area contributed by atoms with Gasteiger partial charge in [0, 0.05) is 18.0 Å². The number of tetrazole rings is 1. The molecule has 0 N–H and O–H groups in total. The minimum absolute atomic E-state index is 0.122. The molecule has 2 aromatic heterocycles. The third-order valence-corrected chi connectivity index (χ3v) is 4.68. The molecule has 1 atom stereocenters. The average Bonchev–Trinajstić information content (AvgIpc) is 3.19. The van der Waals surface area contributed by atoms with Crippen LogP contribution in [0.5, 0.6) is 0 Å². The molecule has 0 aliphatic carbocycles. The van der Waals surface area contributed by atoms with E-state index in [9.17, 15) is 0 Å². The van der Waals surface area contributed by atoms with E-state index in [0.29, 0.717) is 0 Å². The number of aromatic nitrogens is 4. The summed E-state index contributed by atoms with van der Waals surface area (Å²) in [6, 6.07) is 14.9. The maximum atomic E-state index is 4.26. The van der Waals surface area contributed by atoms with Gasteiger partial charge in [0.25, 0.3) is 0 Å². The second kappa shape index (κ2) is 5.38. The summed E-state index contributed by atoms with van der Waals surface area (Å²) in [4.78, 5) is 3.82. The van der Waals surface area contributed by atoms with Gasteiger partial charge in [0.15, 0.2) is 5.82 Å². The molecule has 0 unspecified atom stereocenters. The smallest absolute Gasteiger partial charge is 0.173 e. The maximum Gasteiger partial charge on any atom is 0.173 e. The number of rotatable bonds is 3. The highest BCUT2D eigenvalue weighted by atomic mass is 32.1. The molecule has 3 heterocycles. The zero-order chi connectivity index (χ0) is 14.1. The Labute approximate surface area is 126 Å². The van der Waals surface area contributed by atoms with Crippen LogP contribution in [0.1, 0.15) is 22.3 Å². The molecule has 5 nitrogen and oxygen atoms in total. The lowest BCUT2D eigenvalue weighted by molar-refractivity contribution is 0.165. The summed E-state index contributed by atoms with van der Waals surface area (Å²) in [6.45, 7) is 2.73. The lowest BCUT2D eigenvalue weighted by Gasteiger charge is -2.34. The van der Waals surface area contributed by atoms with E-state index in [-0.39, 0.29) is 6.04 Å². The summed E-state index contributed by atoms with van der Waals surface area (Å²) in [5, 5.41) is 14.3. The lowest BCUT2D eigenvalue weighted by Crippen LogP contribution is -2.38. The molecule has 3 aromatic rings. The molecule has 0 radical (unpaired) electrons. The van der Waals surface area contributed by atoms with Crippen LogP contribution in [-0.4, -0.2) is 31.7 Å². The minimum Gasteiger partial charge on any atom is -0.283 e. The number of nitrogens with zero attached hydrogens (tertiary/aromatic N) is 5. The molecule has 0 amide bonds. The van der Waals surface area contributed by atoms with Gasteiger partial charge in [0.05, 0.1) is 12.6 Å². The summed E-state index contributed by atoms with van der Waals surface area (Å²) in [5.74, 6) is 0.934. The Kier molecular flexibility index (Phi) is 3.25. The van der Waals surface area contributed by atoms with E-state index in [2.05, 4.69) is 62.2 Å². The van der Waals surface area contributed by atoms with Gasteiger partial charge in [-0.3, -0.25) is 4.90 Å². The average molecular weight is 297 g/mol. The molecular weight excluding hydrogens is 282 g/mol. The van der Waals surface area contributed by atoms with Gasteiger partial charge in [-0.15, -0.1) is 16.4 Å². The highest BCUT2D eigenvalue weighted by molar-refractivity contribution is 7.09. The summed E-state index contributed by atoms with van der Waals surface area (Å²) in [5.41, 5.74) is 1.24. The predicted molar refractivity (Wildman–Crippen MR) is 80.8 cm³/mol. The Balaban J connectivity index is 1.73. The van der Waals surface area contributed by atoms with Gasteiger partial charge < -0.3 is 0 Å². The van der Waals surface area contributed by atoms with Crippen LogP contribution in [0.3, 0.4) is 0 Å². The van der Waals surface area contributed by atoms with E-state index < -0.39 is 0 Å². The van der Waals surface area contributed by atoms with Crippen LogP contribution < -0.4 is 0 Å². The molecular formula is C15H15N5S. The molecule has 4 rings (SSSR count). The van der Waals surface area contributed by atoms with Crippen LogP contribution in [0.2, 0.25) is 0 Å². The van der Waals surface area contributed by atoms with Crippen molar-refractivity contribution in [1.29, 1.82) is 0 Å². The van der Waals surface area contributed by atoms with E-state index in [1.165, 1.54) is 10.4 Å². The van der Waals surface area contributed by atoms with Crippen molar-refractivity contribution in [3.05, 3.63) is 64.1 Å². The van der Waals surface area contributed by atoms with E-state index in [0.717, 1.165) is 25.5 Å². The van der Waals surface area contributed by atoms with Gasteiger partial charge in [0.2, 0.25) is 0 Å². The van der Waals surface area contributed by atoms with Gasteiger partial charge in [-0.1, -0.05) is 36.4 Å². The van der Waals surface area contributed by atoms with E-state index in [4.69, 9.17) is 0 Å². The fraction of sp³-hybridized carbons (Fsp3) is 0.267. The van der Waals surface area contributed by atoms with Crippen molar-refractivity contribution < 1.29 is 0 Å². The first-order valence-electron chi connectivity index (χ1n) is 6.99. The summed E-state index contributed by atoms with van der Waals surface area (Å²) >= 11 is 1.80. The van der Waals surface area contributed by atoms with Crippen LogP contribution in [0.15, 0.2) is 47.8 Å². The van der Waals surface area contributed by atoms with Gasteiger partial charge in [-0.2, -0.15) is 0 Å². The first-order chi connectivity index (χ1) is 10.4. The van der Waals surface area contributed by atoms with Crippen LogP contribution in [-0.2, 0) is 13.1 Å². The second-order valence-corrected chi connectivity index (χ2v) is 6.16. The first kappa shape index (κ1) is 12.7. The Morgan fingerprint density at radius 2 is 2.00 bits per heavy atom. The zero-order valence-electron chi connectivity index (χ0n) is 11.5. The molecule has 0 saturated heterocycles. The van der Waals surface area contributed by atoms with Crippen molar-refractivity contribution in [2.45, 2.75) is 19.1 Å². The first-order valence-corrected chi connectivity index (χ1v) is 7.87. The Bertz CT molecular complexity index is 707. The van der Waals surface area contributed by atoms with Gasteiger partial charge >= 0.3 is 0 Å². The van der Waals surface area contributed by atoms with E-state index in [1.807, 2.05) is 10.7 Å². The van der Waals surface area contributed by atoms with Crippen molar-refractivity contribution >= 4 is 11.3 Å². The predicted octanol–water partition coefficient (Wildman–Crippen LogP) is 2.34. The van der Waals surface area contributed by atoms with E-state index >= 15 is 0 Å². The molecule has 0 fully saturated rings. The molecule has 0 spiro atoms.